The lowest BCUT2D eigenvalue weighted by Gasteiger charge is -2.23. The van der Waals surface area contributed by atoms with E-state index in [1.807, 2.05) is 31.2 Å². The van der Waals surface area contributed by atoms with Gasteiger partial charge in [0.25, 0.3) is 5.91 Å². The van der Waals surface area contributed by atoms with E-state index in [2.05, 4.69) is 26.3 Å². The van der Waals surface area contributed by atoms with E-state index in [4.69, 9.17) is 4.74 Å². The molecular weight excluding hydrogens is 398 g/mol. The van der Waals surface area contributed by atoms with Crippen LogP contribution in [0.3, 0.4) is 0 Å². The van der Waals surface area contributed by atoms with E-state index < -0.39 is 0 Å². The zero-order chi connectivity index (χ0) is 18.7. The van der Waals surface area contributed by atoms with Crippen LogP contribution in [0.4, 0.5) is 11.4 Å². The third-order valence-corrected chi connectivity index (χ3v) is 4.44. The summed E-state index contributed by atoms with van der Waals surface area (Å²) in [4.78, 5) is 24.9. The number of benzene rings is 2. The minimum Gasteiger partial charge on any atom is -0.495 e. The molecule has 26 heavy (non-hydrogen) atoms. The molecular formula is C19H18BrN3O3. The summed E-state index contributed by atoms with van der Waals surface area (Å²) in [5, 5.41) is 8.39. The SMILES string of the molecule is COc1ccc(Br)cc1NC(=O)C1=NN(c2cccc(C)c2)C(=O)CC1. The molecule has 2 amide bonds. The van der Waals surface area contributed by atoms with Crippen LogP contribution in [0.15, 0.2) is 52.0 Å². The van der Waals surface area contributed by atoms with Gasteiger partial charge in [0.05, 0.1) is 18.5 Å². The minimum atomic E-state index is -0.355. The lowest BCUT2D eigenvalue weighted by atomic mass is 10.1. The van der Waals surface area contributed by atoms with Gasteiger partial charge < -0.3 is 10.1 Å². The van der Waals surface area contributed by atoms with Crippen molar-refractivity contribution in [1.82, 2.24) is 0 Å². The molecule has 0 radical (unpaired) electrons. The number of carbonyl (C=O) groups excluding carboxylic acids is 2. The standard InChI is InChI=1S/C19H18BrN3O3/c1-12-4-3-5-14(10-12)23-18(24)9-7-15(22-23)19(25)21-16-11-13(20)6-8-17(16)26-2/h3-6,8,10-11H,7,9H2,1-2H3,(H,21,25). The molecule has 1 heterocycles. The number of amides is 2. The molecule has 3 rings (SSSR count). The van der Waals surface area contributed by atoms with Gasteiger partial charge in [0, 0.05) is 17.3 Å². The number of ether oxygens (including phenoxy) is 1. The maximum atomic E-state index is 12.6. The molecule has 1 aliphatic heterocycles. The summed E-state index contributed by atoms with van der Waals surface area (Å²) in [6.07, 6.45) is 0.527. The van der Waals surface area contributed by atoms with E-state index in [1.54, 1.807) is 18.2 Å². The second kappa shape index (κ2) is 7.70. The predicted molar refractivity (Wildman–Crippen MR) is 105 cm³/mol. The highest BCUT2D eigenvalue weighted by Gasteiger charge is 2.26. The summed E-state index contributed by atoms with van der Waals surface area (Å²) in [5.74, 6) is 0.0586. The van der Waals surface area contributed by atoms with Crippen molar-refractivity contribution < 1.29 is 14.3 Å². The van der Waals surface area contributed by atoms with Crippen LogP contribution in [-0.4, -0.2) is 24.6 Å². The van der Waals surface area contributed by atoms with E-state index in [-0.39, 0.29) is 18.2 Å². The Morgan fingerprint density at radius 1 is 1.23 bits per heavy atom. The van der Waals surface area contributed by atoms with Crippen LogP contribution in [0.25, 0.3) is 0 Å². The third kappa shape index (κ3) is 3.94. The Kier molecular flexibility index (Phi) is 5.37. The second-order valence-electron chi connectivity index (χ2n) is 5.89. The van der Waals surface area contributed by atoms with Gasteiger partial charge in [-0.25, -0.2) is 5.01 Å². The summed E-state index contributed by atoms with van der Waals surface area (Å²) in [6, 6.07) is 12.8. The van der Waals surface area contributed by atoms with Crippen LogP contribution in [-0.2, 0) is 9.59 Å². The smallest absolute Gasteiger partial charge is 0.271 e. The largest absolute Gasteiger partial charge is 0.495 e. The highest BCUT2D eigenvalue weighted by molar-refractivity contribution is 9.10. The second-order valence-corrected chi connectivity index (χ2v) is 6.81. The first kappa shape index (κ1) is 18.1. The molecule has 0 unspecified atom stereocenters. The Morgan fingerprint density at radius 3 is 2.77 bits per heavy atom. The van der Waals surface area contributed by atoms with E-state index in [9.17, 15) is 9.59 Å². The zero-order valence-electron chi connectivity index (χ0n) is 14.5. The molecule has 6 nitrogen and oxygen atoms in total. The van der Waals surface area contributed by atoms with E-state index >= 15 is 0 Å². The molecule has 134 valence electrons. The number of halogens is 1. The number of hydrogen-bond acceptors (Lipinski definition) is 4. The first-order valence-electron chi connectivity index (χ1n) is 8.10. The molecule has 2 aromatic carbocycles. The molecule has 0 spiro atoms. The van der Waals surface area contributed by atoms with Crippen molar-refractivity contribution in [1.29, 1.82) is 0 Å². The maximum absolute atomic E-state index is 12.6. The number of anilines is 2. The fourth-order valence-corrected chi connectivity index (χ4v) is 3.01. The lowest BCUT2D eigenvalue weighted by Crippen LogP contribution is -2.36. The third-order valence-electron chi connectivity index (χ3n) is 3.95. The Labute approximate surface area is 160 Å². The Morgan fingerprint density at radius 2 is 2.04 bits per heavy atom. The number of methoxy groups -OCH3 is 1. The average molecular weight is 416 g/mol. The molecule has 2 aromatic rings. The van der Waals surface area contributed by atoms with Gasteiger partial charge in [0.1, 0.15) is 11.5 Å². The van der Waals surface area contributed by atoms with Crippen molar-refractivity contribution in [3.8, 4) is 5.75 Å². The van der Waals surface area contributed by atoms with Crippen molar-refractivity contribution in [2.45, 2.75) is 19.8 Å². The van der Waals surface area contributed by atoms with Gasteiger partial charge in [-0.15, -0.1) is 0 Å². The van der Waals surface area contributed by atoms with E-state index in [1.165, 1.54) is 12.1 Å². The molecule has 0 saturated carbocycles. The predicted octanol–water partition coefficient (Wildman–Crippen LogP) is 3.89. The number of carbonyl (C=O) groups is 2. The number of aryl methyl sites for hydroxylation is 1. The van der Waals surface area contributed by atoms with Gasteiger partial charge in [-0.3, -0.25) is 9.59 Å². The Balaban J connectivity index is 1.86. The highest BCUT2D eigenvalue weighted by Crippen LogP contribution is 2.28. The van der Waals surface area contributed by atoms with Gasteiger partial charge in [-0.2, -0.15) is 5.10 Å². The molecule has 1 aliphatic rings. The van der Waals surface area contributed by atoms with Crippen LogP contribution >= 0.6 is 15.9 Å². The molecule has 0 atom stereocenters. The molecule has 0 fully saturated rings. The van der Waals surface area contributed by atoms with Crippen molar-refractivity contribution in [2.24, 2.45) is 5.10 Å². The first-order valence-corrected chi connectivity index (χ1v) is 8.89. The summed E-state index contributed by atoms with van der Waals surface area (Å²) in [5.41, 5.74) is 2.50. The summed E-state index contributed by atoms with van der Waals surface area (Å²) in [7, 11) is 1.54. The highest BCUT2D eigenvalue weighted by atomic mass is 79.9. The average Bonchev–Trinajstić information content (AvgIpc) is 2.62. The summed E-state index contributed by atoms with van der Waals surface area (Å²) < 4.78 is 6.08. The monoisotopic (exact) mass is 415 g/mol. The van der Waals surface area contributed by atoms with E-state index in [0.717, 1.165) is 10.0 Å². The van der Waals surface area contributed by atoms with Crippen molar-refractivity contribution in [3.63, 3.8) is 0 Å². The van der Waals surface area contributed by atoms with Crippen LogP contribution < -0.4 is 15.1 Å². The number of nitrogens with one attached hydrogen (secondary N) is 1. The first-order chi connectivity index (χ1) is 12.5. The Hall–Kier alpha value is -2.67. The number of hydrogen-bond donors (Lipinski definition) is 1. The number of hydrazone groups is 1. The zero-order valence-corrected chi connectivity index (χ0v) is 16.0. The van der Waals surface area contributed by atoms with Crippen LogP contribution in [0.5, 0.6) is 5.75 Å². The fraction of sp³-hybridized carbons (Fsp3) is 0.211. The molecule has 0 bridgehead atoms. The van der Waals surface area contributed by atoms with Crippen LogP contribution in [0, 0.1) is 6.92 Å². The van der Waals surface area contributed by atoms with Crippen LogP contribution in [0.2, 0.25) is 0 Å². The maximum Gasteiger partial charge on any atom is 0.271 e. The minimum absolute atomic E-state index is 0.132. The van der Waals surface area contributed by atoms with Gasteiger partial charge in [0.2, 0.25) is 5.91 Å². The molecule has 0 aliphatic carbocycles. The molecule has 7 heteroatoms. The Bertz CT molecular complexity index is 895. The fourth-order valence-electron chi connectivity index (χ4n) is 2.65. The van der Waals surface area contributed by atoms with Crippen molar-refractivity contribution >= 4 is 44.8 Å². The van der Waals surface area contributed by atoms with Gasteiger partial charge in [-0.1, -0.05) is 28.1 Å². The van der Waals surface area contributed by atoms with E-state index in [0.29, 0.717) is 29.3 Å². The number of nitrogens with zero attached hydrogens (tertiary/aromatic N) is 2. The molecule has 0 saturated heterocycles. The normalized spacial score (nSPS) is 14.0. The van der Waals surface area contributed by atoms with Gasteiger partial charge >= 0.3 is 0 Å². The summed E-state index contributed by atoms with van der Waals surface area (Å²) in [6.45, 7) is 1.94. The van der Waals surface area contributed by atoms with Crippen molar-refractivity contribution in [2.75, 3.05) is 17.4 Å². The summed E-state index contributed by atoms with van der Waals surface area (Å²) >= 11 is 3.38. The van der Waals surface area contributed by atoms with Gasteiger partial charge in [-0.05, 0) is 42.8 Å². The lowest BCUT2D eigenvalue weighted by molar-refractivity contribution is -0.118. The van der Waals surface area contributed by atoms with Crippen molar-refractivity contribution in [3.05, 3.63) is 52.5 Å². The number of rotatable bonds is 4. The van der Waals surface area contributed by atoms with Crippen LogP contribution in [0.1, 0.15) is 18.4 Å². The quantitative estimate of drug-likeness (QED) is 0.822. The van der Waals surface area contributed by atoms with Gasteiger partial charge in [0.15, 0.2) is 0 Å². The topological polar surface area (TPSA) is 71.0 Å². The molecule has 0 aromatic heterocycles. The molecule has 1 N–H and O–H groups in total.